The highest BCUT2D eigenvalue weighted by Gasteiger charge is 2.23. The first-order valence-corrected chi connectivity index (χ1v) is 8.80. The van der Waals surface area contributed by atoms with Crippen molar-refractivity contribution >= 4 is 11.8 Å². The molecule has 2 aliphatic heterocycles. The molecule has 9 heteroatoms. The second kappa shape index (κ2) is 7.32. The van der Waals surface area contributed by atoms with Gasteiger partial charge in [-0.2, -0.15) is 10.1 Å². The molecule has 0 radical (unpaired) electrons. The quantitative estimate of drug-likeness (QED) is 0.808. The molecule has 2 aliphatic rings. The van der Waals surface area contributed by atoms with Gasteiger partial charge in [0.05, 0.1) is 18.8 Å². The lowest BCUT2D eigenvalue weighted by Crippen LogP contribution is -2.47. The Bertz CT molecular complexity index is 677. The monoisotopic (exact) mass is 344 g/mol. The molecule has 4 rings (SSSR count). The van der Waals surface area contributed by atoms with Crippen molar-refractivity contribution in [1.82, 2.24) is 29.6 Å². The first-order valence-electron chi connectivity index (χ1n) is 8.80. The van der Waals surface area contributed by atoms with E-state index in [9.17, 15) is 0 Å². The molecule has 9 nitrogen and oxygen atoms in total. The van der Waals surface area contributed by atoms with Gasteiger partial charge in [-0.25, -0.2) is 9.97 Å². The number of nitrogen functional groups attached to an aromatic ring is 1. The Balaban J connectivity index is 1.35. The fourth-order valence-corrected chi connectivity index (χ4v) is 3.40. The summed E-state index contributed by atoms with van der Waals surface area (Å²) in [7, 11) is 0. The van der Waals surface area contributed by atoms with Crippen LogP contribution < -0.4 is 10.6 Å². The standard InChI is InChI=1S/C16H24N8O/c17-16-20-14(13-1-8-25-10-13)9-15(21-16)23-5-2-22(3-6-23)4-7-24-12-18-11-19-24/h9,11-13H,1-8,10H2,(H2,17,20,21)/t13-/m1/s1. The molecule has 0 aromatic carbocycles. The number of nitrogens with two attached hydrogens (primary N) is 1. The van der Waals surface area contributed by atoms with Crippen LogP contribution in [0.5, 0.6) is 0 Å². The van der Waals surface area contributed by atoms with Crippen molar-refractivity contribution in [3.8, 4) is 0 Å². The summed E-state index contributed by atoms with van der Waals surface area (Å²) < 4.78 is 7.34. The van der Waals surface area contributed by atoms with Gasteiger partial charge in [-0.05, 0) is 6.42 Å². The fraction of sp³-hybridized carbons (Fsp3) is 0.625. The van der Waals surface area contributed by atoms with Crippen molar-refractivity contribution in [3.05, 3.63) is 24.4 Å². The predicted molar refractivity (Wildman–Crippen MR) is 93.3 cm³/mol. The van der Waals surface area contributed by atoms with E-state index in [1.54, 1.807) is 12.7 Å². The average Bonchev–Trinajstić information content (AvgIpc) is 3.33. The molecule has 2 aromatic rings. The highest BCUT2D eigenvalue weighted by atomic mass is 16.5. The molecule has 2 fully saturated rings. The van der Waals surface area contributed by atoms with Gasteiger partial charge < -0.3 is 15.4 Å². The predicted octanol–water partition coefficient (Wildman–Crippen LogP) is -0.0236. The van der Waals surface area contributed by atoms with Crippen LogP contribution >= 0.6 is 0 Å². The number of anilines is 2. The van der Waals surface area contributed by atoms with Gasteiger partial charge in [-0.3, -0.25) is 9.58 Å². The van der Waals surface area contributed by atoms with Crippen LogP contribution in [0.1, 0.15) is 18.0 Å². The molecule has 0 spiro atoms. The van der Waals surface area contributed by atoms with Gasteiger partial charge >= 0.3 is 0 Å². The van der Waals surface area contributed by atoms with Crippen LogP contribution in [0.25, 0.3) is 0 Å². The lowest BCUT2D eigenvalue weighted by atomic mass is 10.0. The topological polar surface area (TPSA) is 98.2 Å². The van der Waals surface area contributed by atoms with E-state index in [1.165, 1.54) is 0 Å². The summed E-state index contributed by atoms with van der Waals surface area (Å²) in [5.74, 6) is 1.63. The molecule has 25 heavy (non-hydrogen) atoms. The smallest absolute Gasteiger partial charge is 0.222 e. The third kappa shape index (κ3) is 3.88. The largest absolute Gasteiger partial charge is 0.381 e. The maximum atomic E-state index is 5.95. The Hall–Kier alpha value is -2.26. The molecule has 1 atom stereocenters. The van der Waals surface area contributed by atoms with E-state index in [1.807, 2.05) is 4.68 Å². The summed E-state index contributed by atoms with van der Waals surface area (Å²) in [5, 5.41) is 4.15. The Morgan fingerprint density at radius 2 is 2.04 bits per heavy atom. The minimum atomic E-state index is 0.341. The molecule has 0 bridgehead atoms. The fourth-order valence-electron chi connectivity index (χ4n) is 3.40. The van der Waals surface area contributed by atoms with E-state index in [2.05, 4.69) is 35.9 Å². The number of rotatable bonds is 5. The summed E-state index contributed by atoms with van der Waals surface area (Å²) >= 11 is 0. The van der Waals surface area contributed by atoms with Crippen LogP contribution in [-0.2, 0) is 11.3 Å². The Labute approximate surface area is 146 Å². The molecular formula is C16H24N8O. The molecule has 4 heterocycles. The molecule has 0 amide bonds. The van der Waals surface area contributed by atoms with Crippen LogP contribution in [-0.4, -0.2) is 75.6 Å². The Morgan fingerprint density at radius 3 is 2.76 bits per heavy atom. The summed E-state index contributed by atoms with van der Waals surface area (Å²) in [4.78, 5) is 17.6. The first-order chi connectivity index (χ1) is 12.3. The molecule has 2 saturated heterocycles. The van der Waals surface area contributed by atoms with Crippen molar-refractivity contribution in [2.45, 2.75) is 18.9 Å². The van der Waals surface area contributed by atoms with Crippen molar-refractivity contribution in [2.24, 2.45) is 0 Å². The van der Waals surface area contributed by atoms with Gasteiger partial charge in [0, 0.05) is 51.3 Å². The van der Waals surface area contributed by atoms with Crippen molar-refractivity contribution < 1.29 is 4.74 Å². The summed E-state index contributed by atoms with van der Waals surface area (Å²) in [6, 6.07) is 2.08. The lowest BCUT2D eigenvalue weighted by molar-refractivity contribution is 0.193. The highest BCUT2D eigenvalue weighted by Crippen LogP contribution is 2.27. The second-order valence-corrected chi connectivity index (χ2v) is 6.56. The zero-order valence-electron chi connectivity index (χ0n) is 14.3. The van der Waals surface area contributed by atoms with Crippen molar-refractivity contribution in [3.63, 3.8) is 0 Å². The Kier molecular flexibility index (Phi) is 4.75. The summed E-state index contributed by atoms with van der Waals surface area (Å²) in [6.45, 7) is 7.25. The molecule has 2 aromatic heterocycles. The van der Waals surface area contributed by atoms with E-state index < -0.39 is 0 Å². The molecule has 2 N–H and O–H groups in total. The van der Waals surface area contributed by atoms with Crippen LogP contribution in [0.2, 0.25) is 0 Å². The van der Waals surface area contributed by atoms with Crippen molar-refractivity contribution in [1.29, 1.82) is 0 Å². The Morgan fingerprint density at radius 1 is 1.16 bits per heavy atom. The molecule has 0 aliphatic carbocycles. The van der Waals surface area contributed by atoms with Crippen molar-refractivity contribution in [2.75, 3.05) is 56.6 Å². The van der Waals surface area contributed by atoms with Crippen LogP contribution in [0, 0.1) is 0 Å². The van der Waals surface area contributed by atoms with Gasteiger partial charge in [0.25, 0.3) is 0 Å². The average molecular weight is 344 g/mol. The third-order valence-electron chi connectivity index (χ3n) is 4.91. The molecule has 134 valence electrons. The number of piperazine rings is 1. The first kappa shape index (κ1) is 16.2. The van der Waals surface area contributed by atoms with E-state index >= 15 is 0 Å². The van der Waals surface area contributed by atoms with Gasteiger partial charge in [0.15, 0.2) is 0 Å². The van der Waals surface area contributed by atoms with E-state index in [0.29, 0.717) is 11.9 Å². The van der Waals surface area contributed by atoms with E-state index in [0.717, 1.165) is 70.4 Å². The minimum absolute atomic E-state index is 0.341. The van der Waals surface area contributed by atoms with E-state index in [4.69, 9.17) is 10.5 Å². The number of nitrogens with zero attached hydrogens (tertiary/aromatic N) is 7. The highest BCUT2D eigenvalue weighted by molar-refractivity contribution is 5.45. The van der Waals surface area contributed by atoms with Crippen LogP contribution in [0.15, 0.2) is 18.7 Å². The normalized spacial score (nSPS) is 21.8. The maximum absolute atomic E-state index is 5.95. The SMILES string of the molecule is Nc1nc([C@@H]2CCOC2)cc(N2CCN(CCn3cncn3)CC2)n1. The minimum Gasteiger partial charge on any atom is -0.381 e. The van der Waals surface area contributed by atoms with Crippen LogP contribution in [0.3, 0.4) is 0 Å². The number of hydrogen-bond donors (Lipinski definition) is 1. The second-order valence-electron chi connectivity index (χ2n) is 6.56. The molecule has 0 saturated carbocycles. The lowest BCUT2D eigenvalue weighted by Gasteiger charge is -2.35. The summed E-state index contributed by atoms with van der Waals surface area (Å²) in [6.07, 6.45) is 4.34. The zero-order valence-corrected chi connectivity index (χ0v) is 14.3. The number of ether oxygens (including phenoxy) is 1. The number of hydrogen-bond acceptors (Lipinski definition) is 8. The molecule has 0 unspecified atom stereocenters. The van der Waals surface area contributed by atoms with Gasteiger partial charge in [0.2, 0.25) is 5.95 Å². The third-order valence-corrected chi connectivity index (χ3v) is 4.91. The summed E-state index contributed by atoms with van der Waals surface area (Å²) in [5.41, 5.74) is 6.96. The van der Waals surface area contributed by atoms with E-state index in [-0.39, 0.29) is 0 Å². The zero-order chi connectivity index (χ0) is 17.1. The van der Waals surface area contributed by atoms with Gasteiger partial charge in [-0.1, -0.05) is 0 Å². The van der Waals surface area contributed by atoms with Gasteiger partial charge in [0.1, 0.15) is 18.5 Å². The number of aromatic nitrogens is 5. The van der Waals surface area contributed by atoms with Gasteiger partial charge in [-0.15, -0.1) is 0 Å². The maximum Gasteiger partial charge on any atom is 0.222 e. The molecular weight excluding hydrogens is 320 g/mol. The van der Waals surface area contributed by atoms with Crippen LogP contribution in [0.4, 0.5) is 11.8 Å².